The molecule has 1 heteroatoms. The van der Waals surface area contributed by atoms with E-state index in [9.17, 15) is 0 Å². The summed E-state index contributed by atoms with van der Waals surface area (Å²) in [6, 6.07) is 0. The third-order valence-electron chi connectivity index (χ3n) is 2.83. The van der Waals surface area contributed by atoms with Gasteiger partial charge in [-0.25, -0.2) is 0 Å². The predicted octanol–water partition coefficient (Wildman–Crippen LogP) is 3.12. The highest BCUT2D eigenvalue weighted by Crippen LogP contribution is 2.13. The molecule has 0 atom stereocenters. The topological polar surface area (TPSA) is 12.0 Å². The summed E-state index contributed by atoms with van der Waals surface area (Å²) in [5.74, 6) is 0. The van der Waals surface area contributed by atoms with Crippen molar-refractivity contribution < 1.29 is 0 Å². The van der Waals surface area contributed by atoms with E-state index in [4.69, 9.17) is 0 Å². The number of rotatable bonds is 6. The van der Waals surface area contributed by atoms with Crippen LogP contribution in [0.4, 0.5) is 0 Å². The molecule has 0 rings (SSSR count). The average molecular weight is 169 g/mol. The van der Waals surface area contributed by atoms with E-state index in [1.807, 2.05) is 0 Å². The molecule has 0 aliphatic carbocycles. The lowest BCUT2D eigenvalue weighted by Gasteiger charge is -2.28. The van der Waals surface area contributed by atoms with Crippen LogP contribution in [-0.2, 0) is 0 Å². The highest BCUT2D eigenvalue weighted by Gasteiger charge is 2.17. The lowest BCUT2D eigenvalue weighted by molar-refractivity contribution is 0.342. The monoisotopic (exact) mass is 169 g/mol. The zero-order chi connectivity index (χ0) is 9.61. The van der Waals surface area contributed by atoms with E-state index in [1.54, 1.807) is 0 Å². The van der Waals surface area contributed by atoms with Crippen molar-refractivity contribution in [2.24, 2.45) is 0 Å². The van der Waals surface area contributed by atoms with Crippen molar-refractivity contribution in [3.8, 4) is 0 Å². The molecule has 0 saturated carbocycles. The van der Waals surface area contributed by atoms with Crippen LogP contribution in [0.3, 0.4) is 0 Å². The molecule has 0 unspecified atom stereocenters. The molecule has 0 radical (unpaired) electrons. The van der Waals surface area contributed by atoms with Crippen LogP contribution in [0.25, 0.3) is 0 Å². The van der Waals surface area contributed by atoms with Gasteiger partial charge in [0.1, 0.15) is 0 Å². The van der Waals surface area contributed by atoms with Gasteiger partial charge in [-0.05, 0) is 26.2 Å². The van der Waals surface area contributed by atoms with Gasteiger partial charge in [-0.2, -0.15) is 0 Å². The van der Waals surface area contributed by atoms with E-state index < -0.39 is 0 Å². The van der Waals surface area contributed by atoms with Crippen LogP contribution in [0, 0.1) is 0 Å². The Balaban J connectivity index is 3.80. The second kappa shape index (κ2) is 5.36. The van der Waals surface area contributed by atoms with Gasteiger partial charge in [-0.15, -0.1) is 0 Å². The highest BCUT2D eigenvalue weighted by atomic mass is 15.0. The van der Waals surface area contributed by atoms with Gasteiger partial charge in [-0.3, -0.25) is 0 Å². The Bertz CT molecular complexity index is 134. The minimum absolute atomic E-state index is 0.304. The van der Waals surface area contributed by atoms with Crippen LogP contribution >= 0.6 is 0 Å². The predicted molar refractivity (Wildman–Crippen MR) is 56.4 cm³/mol. The zero-order valence-corrected chi connectivity index (χ0v) is 9.04. The maximum atomic E-state index is 3.98. The van der Waals surface area contributed by atoms with Crippen molar-refractivity contribution in [2.45, 2.75) is 52.5 Å². The number of nitrogens with one attached hydrogen (secondary N) is 1. The molecule has 12 heavy (non-hydrogen) atoms. The van der Waals surface area contributed by atoms with Crippen molar-refractivity contribution in [1.29, 1.82) is 0 Å². The lowest BCUT2D eigenvalue weighted by atomic mass is 9.95. The molecule has 0 amide bonds. The van der Waals surface area contributed by atoms with Gasteiger partial charge in [0.2, 0.25) is 0 Å². The second-order valence-electron chi connectivity index (χ2n) is 3.72. The molecule has 0 saturated heterocycles. The first kappa shape index (κ1) is 11.7. The molecule has 1 N–H and O–H groups in total. The molecule has 0 heterocycles. The summed E-state index contributed by atoms with van der Waals surface area (Å²) < 4.78 is 0. The van der Waals surface area contributed by atoms with Crippen molar-refractivity contribution in [2.75, 3.05) is 6.54 Å². The third-order valence-corrected chi connectivity index (χ3v) is 2.83. The fraction of sp³-hybridized carbons (Fsp3) is 0.818. The Morgan fingerprint density at radius 2 is 1.75 bits per heavy atom. The highest BCUT2D eigenvalue weighted by molar-refractivity contribution is 4.97. The molecule has 0 aliphatic heterocycles. The summed E-state index contributed by atoms with van der Waals surface area (Å²) in [6.07, 6.45) is 3.44. The van der Waals surface area contributed by atoms with Crippen LogP contribution in [-0.4, -0.2) is 12.1 Å². The van der Waals surface area contributed by atoms with E-state index in [-0.39, 0.29) is 0 Å². The van der Waals surface area contributed by atoms with E-state index in [0.29, 0.717) is 5.54 Å². The molecule has 72 valence electrons. The van der Waals surface area contributed by atoms with Crippen LogP contribution < -0.4 is 5.32 Å². The second-order valence-corrected chi connectivity index (χ2v) is 3.72. The third kappa shape index (κ3) is 3.91. The minimum Gasteiger partial charge on any atom is -0.308 e. The molecule has 0 aliphatic rings. The standard InChI is InChI=1S/C11H23N/c1-6-10(4)9-12-11(5,7-2)8-3/h12H,4,6-9H2,1-3,5H3. The van der Waals surface area contributed by atoms with E-state index in [0.717, 1.165) is 13.0 Å². The Morgan fingerprint density at radius 1 is 1.25 bits per heavy atom. The van der Waals surface area contributed by atoms with E-state index in [2.05, 4.69) is 39.6 Å². The van der Waals surface area contributed by atoms with Crippen molar-refractivity contribution in [1.82, 2.24) is 5.32 Å². The van der Waals surface area contributed by atoms with Gasteiger partial charge in [0.15, 0.2) is 0 Å². The summed E-state index contributed by atoms with van der Waals surface area (Å²) in [4.78, 5) is 0. The molecule has 0 fully saturated rings. The maximum absolute atomic E-state index is 3.98. The Labute approximate surface area is 77.2 Å². The van der Waals surface area contributed by atoms with Crippen molar-refractivity contribution in [3.05, 3.63) is 12.2 Å². The Hall–Kier alpha value is -0.300. The molecule has 0 aromatic heterocycles. The fourth-order valence-corrected chi connectivity index (χ4v) is 0.963. The number of hydrogen-bond donors (Lipinski definition) is 1. The first-order valence-electron chi connectivity index (χ1n) is 4.99. The van der Waals surface area contributed by atoms with Gasteiger partial charge in [0, 0.05) is 12.1 Å². The molecule has 1 nitrogen and oxygen atoms in total. The fourth-order valence-electron chi connectivity index (χ4n) is 0.963. The Morgan fingerprint density at radius 3 is 2.08 bits per heavy atom. The van der Waals surface area contributed by atoms with Crippen LogP contribution in [0.1, 0.15) is 47.0 Å². The van der Waals surface area contributed by atoms with Crippen LogP contribution in [0.2, 0.25) is 0 Å². The maximum Gasteiger partial charge on any atom is 0.0166 e. The van der Waals surface area contributed by atoms with Gasteiger partial charge in [-0.1, -0.05) is 32.9 Å². The SMILES string of the molecule is C=C(CC)CNC(C)(CC)CC. The smallest absolute Gasteiger partial charge is 0.0166 e. The van der Waals surface area contributed by atoms with Crippen LogP contribution in [0.5, 0.6) is 0 Å². The summed E-state index contributed by atoms with van der Waals surface area (Å²) in [7, 11) is 0. The van der Waals surface area contributed by atoms with Crippen molar-refractivity contribution in [3.63, 3.8) is 0 Å². The first-order chi connectivity index (χ1) is 5.58. The van der Waals surface area contributed by atoms with Gasteiger partial charge < -0.3 is 5.32 Å². The minimum atomic E-state index is 0.304. The zero-order valence-electron chi connectivity index (χ0n) is 9.04. The van der Waals surface area contributed by atoms with Gasteiger partial charge in [0.05, 0.1) is 0 Å². The van der Waals surface area contributed by atoms with Gasteiger partial charge in [0.25, 0.3) is 0 Å². The summed E-state index contributed by atoms with van der Waals surface area (Å²) in [5, 5.41) is 3.55. The van der Waals surface area contributed by atoms with E-state index >= 15 is 0 Å². The quantitative estimate of drug-likeness (QED) is 0.602. The summed E-state index contributed by atoms with van der Waals surface area (Å²) in [5.41, 5.74) is 1.60. The molecular weight excluding hydrogens is 146 g/mol. The van der Waals surface area contributed by atoms with Crippen LogP contribution in [0.15, 0.2) is 12.2 Å². The average Bonchev–Trinajstić information content (AvgIpc) is 2.13. The molecule has 0 aromatic carbocycles. The Kier molecular flexibility index (Phi) is 5.23. The molecular formula is C11H23N. The number of hydrogen-bond acceptors (Lipinski definition) is 1. The summed E-state index contributed by atoms with van der Waals surface area (Å²) in [6.45, 7) is 13.8. The molecule has 0 spiro atoms. The summed E-state index contributed by atoms with van der Waals surface area (Å²) >= 11 is 0. The normalized spacial score (nSPS) is 11.7. The van der Waals surface area contributed by atoms with E-state index in [1.165, 1.54) is 18.4 Å². The van der Waals surface area contributed by atoms with Gasteiger partial charge >= 0.3 is 0 Å². The van der Waals surface area contributed by atoms with Crippen molar-refractivity contribution >= 4 is 0 Å². The first-order valence-corrected chi connectivity index (χ1v) is 4.99. The lowest BCUT2D eigenvalue weighted by Crippen LogP contribution is -2.41. The molecule has 0 bridgehead atoms. The molecule has 0 aromatic rings. The largest absolute Gasteiger partial charge is 0.308 e.